The lowest BCUT2D eigenvalue weighted by Gasteiger charge is -2.14. The molecule has 0 unspecified atom stereocenters. The van der Waals surface area contributed by atoms with Crippen molar-refractivity contribution in [3.8, 4) is 11.5 Å². The summed E-state index contributed by atoms with van der Waals surface area (Å²) in [6.07, 6.45) is 0.751. The molecule has 0 atom stereocenters. The van der Waals surface area contributed by atoms with Crippen LogP contribution in [0.25, 0.3) is 0 Å². The van der Waals surface area contributed by atoms with E-state index >= 15 is 0 Å². The highest BCUT2D eigenvalue weighted by atomic mass is 32.1. The molecule has 0 aliphatic rings. The van der Waals surface area contributed by atoms with Gasteiger partial charge in [-0.05, 0) is 49.0 Å². The Morgan fingerprint density at radius 1 is 1.20 bits per heavy atom. The zero-order valence-electron chi connectivity index (χ0n) is 17.2. The fraction of sp³-hybridized carbons (Fsp3) is 0.286. The van der Waals surface area contributed by atoms with Crippen molar-refractivity contribution in [3.05, 3.63) is 64.2 Å². The van der Waals surface area contributed by atoms with Gasteiger partial charge in [0.25, 0.3) is 5.91 Å². The largest absolute Gasteiger partial charge is 0.493 e. The van der Waals surface area contributed by atoms with Gasteiger partial charge in [-0.1, -0.05) is 30.7 Å². The van der Waals surface area contributed by atoms with Crippen molar-refractivity contribution in [2.24, 2.45) is 0 Å². The fourth-order valence-electron chi connectivity index (χ4n) is 2.82. The van der Waals surface area contributed by atoms with Crippen LogP contribution in [0.15, 0.2) is 42.5 Å². The van der Waals surface area contributed by atoms with Gasteiger partial charge in [0.2, 0.25) is 4.77 Å². The Balaban J connectivity index is 1.59. The summed E-state index contributed by atoms with van der Waals surface area (Å²) in [6, 6.07) is 13.1. The zero-order chi connectivity index (χ0) is 21.5. The lowest BCUT2D eigenvalue weighted by atomic mass is 10.2. The molecular weight excluding hydrogens is 402 g/mol. The summed E-state index contributed by atoms with van der Waals surface area (Å²) in [4.78, 5) is 12.2. The van der Waals surface area contributed by atoms with E-state index in [-0.39, 0.29) is 12.5 Å². The average molecular weight is 428 g/mol. The number of methoxy groups -OCH3 is 1. The van der Waals surface area contributed by atoms with Crippen LogP contribution in [-0.4, -0.2) is 34.5 Å². The van der Waals surface area contributed by atoms with E-state index in [1.54, 1.807) is 17.9 Å². The van der Waals surface area contributed by atoms with Crippen LogP contribution in [0.1, 0.15) is 23.9 Å². The highest BCUT2D eigenvalue weighted by Crippen LogP contribution is 2.28. The number of ether oxygens (including phenoxy) is 2. The Morgan fingerprint density at radius 3 is 2.67 bits per heavy atom. The maximum atomic E-state index is 12.2. The molecule has 0 bridgehead atoms. The first-order chi connectivity index (χ1) is 14.5. The van der Waals surface area contributed by atoms with Gasteiger partial charge in [0.05, 0.1) is 13.7 Å². The first-order valence-electron chi connectivity index (χ1n) is 9.56. The summed E-state index contributed by atoms with van der Waals surface area (Å²) in [6.45, 7) is 4.40. The van der Waals surface area contributed by atoms with Crippen molar-refractivity contribution in [3.63, 3.8) is 0 Å². The Bertz CT molecular complexity index is 1060. The van der Waals surface area contributed by atoms with Gasteiger partial charge in [0.15, 0.2) is 23.9 Å². The minimum atomic E-state index is -0.243. The van der Waals surface area contributed by atoms with Crippen molar-refractivity contribution in [2.45, 2.75) is 26.8 Å². The molecule has 0 aliphatic heterocycles. The number of aromatic nitrogens is 3. The Morgan fingerprint density at radius 2 is 1.97 bits per heavy atom. The van der Waals surface area contributed by atoms with E-state index in [1.165, 1.54) is 0 Å². The molecule has 0 spiro atoms. The Labute approximate surface area is 180 Å². The number of rotatable bonds is 9. The second-order valence-corrected chi connectivity index (χ2v) is 7.04. The molecule has 1 heterocycles. The average Bonchev–Trinajstić information content (AvgIpc) is 3.12. The van der Waals surface area contributed by atoms with E-state index in [4.69, 9.17) is 21.7 Å². The molecule has 30 heavy (non-hydrogen) atoms. The van der Waals surface area contributed by atoms with E-state index in [2.05, 4.69) is 20.9 Å². The van der Waals surface area contributed by atoms with Crippen LogP contribution in [0.5, 0.6) is 11.5 Å². The van der Waals surface area contributed by atoms with E-state index < -0.39 is 0 Å². The number of H-pyrrole nitrogens is 1. The topological polar surface area (TPSA) is 93.2 Å². The van der Waals surface area contributed by atoms with Crippen LogP contribution in [0.2, 0.25) is 0 Å². The number of amides is 1. The molecule has 0 fully saturated rings. The molecule has 1 aromatic heterocycles. The van der Waals surface area contributed by atoms with Gasteiger partial charge in [0, 0.05) is 12.1 Å². The number of hydrogen-bond donors (Lipinski definition) is 3. The van der Waals surface area contributed by atoms with E-state index in [0.29, 0.717) is 22.8 Å². The van der Waals surface area contributed by atoms with Crippen molar-refractivity contribution in [1.29, 1.82) is 0 Å². The van der Waals surface area contributed by atoms with Gasteiger partial charge >= 0.3 is 0 Å². The third-order valence-electron chi connectivity index (χ3n) is 4.42. The maximum Gasteiger partial charge on any atom is 0.262 e. The number of anilines is 1. The summed E-state index contributed by atoms with van der Waals surface area (Å²) in [5.41, 5.74) is 6.06. The highest BCUT2D eigenvalue weighted by Gasteiger charge is 2.10. The molecular formula is C21H25N5O3S. The normalized spacial score (nSPS) is 10.5. The molecule has 0 radical (unpaired) electrons. The number of carbonyl (C=O) groups excluding carboxylic acids is 1. The molecule has 0 aliphatic carbocycles. The molecule has 3 aromatic rings. The van der Waals surface area contributed by atoms with Crippen molar-refractivity contribution in [2.75, 3.05) is 24.5 Å². The standard InChI is InChI=1S/C21H25N5O3S/c1-4-19-24-25-21(30)26(19)22-12-15-7-10-17(18(11-15)28-3)29-13-20(27)23-16-8-5-14(2)6-9-16/h5-11,22H,4,12-13H2,1-3H3,(H,23,27)(H,25,30). The summed E-state index contributed by atoms with van der Waals surface area (Å²) < 4.78 is 13.3. The second-order valence-electron chi connectivity index (χ2n) is 6.66. The second kappa shape index (κ2) is 9.93. The van der Waals surface area contributed by atoms with Gasteiger partial charge in [-0.3, -0.25) is 9.89 Å². The monoisotopic (exact) mass is 427 g/mol. The molecule has 0 saturated carbocycles. The predicted molar refractivity (Wildman–Crippen MR) is 118 cm³/mol. The van der Waals surface area contributed by atoms with Crippen molar-refractivity contribution >= 4 is 23.8 Å². The van der Waals surface area contributed by atoms with Gasteiger partial charge in [-0.25, -0.2) is 4.68 Å². The molecule has 3 rings (SSSR count). The molecule has 3 N–H and O–H groups in total. The Hall–Kier alpha value is -3.33. The molecule has 8 nitrogen and oxygen atoms in total. The van der Waals surface area contributed by atoms with Crippen molar-refractivity contribution < 1.29 is 14.3 Å². The summed E-state index contributed by atoms with van der Waals surface area (Å²) >= 11 is 5.24. The predicted octanol–water partition coefficient (Wildman–Crippen LogP) is 3.58. The first-order valence-corrected chi connectivity index (χ1v) is 9.97. The lowest BCUT2D eigenvalue weighted by molar-refractivity contribution is -0.118. The summed E-state index contributed by atoms with van der Waals surface area (Å²) in [7, 11) is 1.56. The number of benzene rings is 2. The fourth-order valence-corrected chi connectivity index (χ4v) is 3.03. The summed E-state index contributed by atoms with van der Waals surface area (Å²) in [5.74, 6) is 1.62. The SMILES string of the molecule is CCc1n[nH]c(=S)n1NCc1ccc(OCC(=O)Nc2ccc(C)cc2)c(OC)c1. The number of aryl methyl sites for hydroxylation is 2. The van der Waals surface area contributed by atoms with E-state index in [9.17, 15) is 4.79 Å². The van der Waals surface area contributed by atoms with Crippen LogP contribution < -0.4 is 20.2 Å². The maximum absolute atomic E-state index is 12.2. The molecule has 2 aromatic carbocycles. The van der Waals surface area contributed by atoms with Gasteiger partial charge in [0.1, 0.15) is 0 Å². The molecule has 1 amide bonds. The molecule has 9 heteroatoms. The number of nitrogens with zero attached hydrogens (tertiary/aromatic N) is 2. The minimum Gasteiger partial charge on any atom is -0.493 e. The van der Waals surface area contributed by atoms with Crippen LogP contribution >= 0.6 is 12.2 Å². The Kier molecular flexibility index (Phi) is 7.08. The number of carbonyl (C=O) groups is 1. The van der Waals surface area contributed by atoms with Crippen molar-refractivity contribution in [1.82, 2.24) is 14.9 Å². The lowest BCUT2D eigenvalue weighted by Crippen LogP contribution is -2.20. The summed E-state index contributed by atoms with van der Waals surface area (Å²) in [5, 5.41) is 9.75. The van der Waals surface area contributed by atoms with Gasteiger partial charge < -0.3 is 20.2 Å². The van der Waals surface area contributed by atoms with E-state index in [1.807, 2.05) is 50.2 Å². The molecule has 158 valence electrons. The smallest absolute Gasteiger partial charge is 0.262 e. The zero-order valence-corrected chi connectivity index (χ0v) is 18.0. The van der Waals surface area contributed by atoms with Crippen LogP contribution in [0, 0.1) is 11.7 Å². The third kappa shape index (κ3) is 5.38. The third-order valence-corrected chi connectivity index (χ3v) is 4.70. The molecule has 0 saturated heterocycles. The van der Waals surface area contributed by atoms with Crippen LogP contribution in [0.4, 0.5) is 5.69 Å². The number of nitrogens with one attached hydrogen (secondary N) is 3. The van der Waals surface area contributed by atoms with Crippen LogP contribution in [-0.2, 0) is 17.8 Å². The van der Waals surface area contributed by atoms with Gasteiger partial charge in [-0.15, -0.1) is 0 Å². The number of hydrogen-bond acceptors (Lipinski definition) is 6. The first kappa shape index (κ1) is 21.4. The van der Waals surface area contributed by atoms with Gasteiger partial charge in [-0.2, -0.15) is 5.10 Å². The minimum absolute atomic E-state index is 0.119. The highest BCUT2D eigenvalue weighted by molar-refractivity contribution is 7.71. The van der Waals surface area contributed by atoms with E-state index in [0.717, 1.165) is 29.1 Å². The van der Waals surface area contributed by atoms with Crippen LogP contribution in [0.3, 0.4) is 0 Å². The quantitative estimate of drug-likeness (QED) is 0.452. The number of aromatic amines is 1.